The first kappa shape index (κ1) is 18.0. The van der Waals surface area contributed by atoms with Crippen LogP contribution in [0.1, 0.15) is 6.92 Å². The molecule has 0 aliphatic carbocycles. The number of hydrogen-bond donors (Lipinski definition) is 2. The van der Waals surface area contributed by atoms with Crippen LogP contribution in [0.5, 0.6) is 5.75 Å². The summed E-state index contributed by atoms with van der Waals surface area (Å²) in [4.78, 5) is 34.1. The molecule has 2 N–H and O–H groups in total. The molecule has 2 aromatic carbocycles. The summed E-state index contributed by atoms with van der Waals surface area (Å²) < 4.78 is 10.0. The van der Waals surface area contributed by atoms with Gasteiger partial charge >= 0.3 is 5.97 Å². The van der Waals surface area contributed by atoms with Crippen molar-refractivity contribution in [3.05, 3.63) is 54.6 Å². The number of hydrogen-bond acceptors (Lipinski definition) is 5. The van der Waals surface area contributed by atoms with E-state index in [1.807, 2.05) is 36.4 Å². The van der Waals surface area contributed by atoms with Crippen LogP contribution in [0.2, 0.25) is 0 Å². The second kappa shape index (κ2) is 9.07. The van der Waals surface area contributed by atoms with E-state index in [0.29, 0.717) is 5.75 Å². The Balaban J connectivity index is 1.76. The molecule has 0 saturated carbocycles. The van der Waals surface area contributed by atoms with Gasteiger partial charge in [0.2, 0.25) is 0 Å². The second-order valence-electron chi connectivity index (χ2n) is 4.92. The number of carbonyl (C=O) groups is 3. The van der Waals surface area contributed by atoms with Crippen LogP contribution in [0, 0.1) is 0 Å². The third-order valence-corrected chi connectivity index (χ3v) is 3.07. The topological polar surface area (TPSA) is 93.7 Å². The SMILES string of the molecule is CCOC(=O)/C=C\C(=O)NNC(=O)COc1ccc2ccccc2c1. The van der Waals surface area contributed by atoms with E-state index in [0.717, 1.165) is 22.9 Å². The average Bonchev–Trinajstić information content (AvgIpc) is 2.63. The Bertz CT molecular complexity index is 801. The zero-order valence-corrected chi connectivity index (χ0v) is 13.7. The Morgan fingerprint density at radius 1 is 1.00 bits per heavy atom. The molecule has 2 rings (SSSR count). The number of amides is 2. The molecule has 0 unspecified atom stereocenters. The molecule has 7 nitrogen and oxygen atoms in total. The van der Waals surface area contributed by atoms with Gasteiger partial charge < -0.3 is 9.47 Å². The van der Waals surface area contributed by atoms with Gasteiger partial charge in [0.05, 0.1) is 6.61 Å². The molecule has 0 aromatic heterocycles. The lowest BCUT2D eigenvalue weighted by Crippen LogP contribution is -2.43. The molecule has 7 heteroatoms. The Kier molecular flexibility index (Phi) is 6.53. The summed E-state index contributed by atoms with van der Waals surface area (Å²) in [5.74, 6) is -1.29. The molecule has 2 amide bonds. The number of benzene rings is 2. The number of nitrogens with one attached hydrogen (secondary N) is 2. The number of carbonyl (C=O) groups excluding carboxylic acids is 3. The molecule has 0 aliphatic rings. The maximum absolute atomic E-state index is 11.7. The third-order valence-electron chi connectivity index (χ3n) is 3.07. The molecule has 0 bridgehead atoms. The highest BCUT2D eigenvalue weighted by Crippen LogP contribution is 2.20. The largest absolute Gasteiger partial charge is 0.484 e. The van der Waals surface area contributed by atoms with Crippen molar-refractivity contribution in [2.75, 3.05) is 13.2 Å². The molecule has 2 aromatic rings. The summed E-state index contributed by atoms with van der Waals surface area (Å²) in [5.41, 5.74) is 4.31. The van der Waals surface area contributed by atoms with Crippen molar-refractivity contribution < 1.29 is 23.9 Å². The molecule has 0 atom stereocenters. The van der Waals surface area contributed by atoms with Crippen LogP contribution in [0.25, 0.3) is 10.8 Å². The van der Waals surface area contributed by atoms with E-state index in [1.165, 1.54) is 0 Å². The lowest BCUT2D eigenvalue weighted by atomic mass is 10.1. The van der Waals surface area contributed by atoms with Crippen LogP contribution in [-0.2, 0) is 19.1 Å². The summed E-state index contributed by atoms with van der Waals surface area (Å²) >= 11 is 0. The first-order chi connectivity index (χ1) is 12.1. The predicted molar refractivity (Wildman–Crippen MR) is 91.5 cm³/mol. The normalized spacial score (nSPS) is 10.4. The Morgan fingerprint density at radius 2 is 1.76 bits per heavy atom. The number of esters is 1. The van der Waals surface area contributed by atoms with Gasteiger partial charge in [-0.1, -0.05) is 30.3 Å². The van der Waals surface area contributed by atoms with Crippen LogP contribution in [0.3, 0.4) is 0 Å². The van der Waals surface area contributed by atoms with Gasteiger partial charge in [-0.05, 0) is 29.8 Å². The predicted octanol–water partition coefficient (Wildman–Crippen LogP) is 1.49. The minimum absolute atomic E-state index is 0.216. The highest BCUT2D eigenvalue weighted by molar-refractivity contribution is 5.95. The van der Waals surface area contributed by atoms with Crippen molar-refractivity contribution in [2.45, 2.75) is 6.92 Å². The Hall–Kier alpha value is -3.35. The van der Waals surface area contributed by atoms with E-state index in [4.69, 9.17) is 4.74 Å². The molecule has 0 heterocycles. The fraction of sp³-hybridized carbons (Fsp3) is 0.167. The smallest absolute Gasteiger partial charge is 0.330 e. The van der Waals surface area contributed by atoms with E-state index >= 15 is 0 Å². The molecule has 0 aliphatic heterocycles. The number of rotatable bonds is 6. The van der Waals surface area contributed by atoms with Gasteiger partial charge in [-0.2, -0.15) is 0 Å². The summed E-state index contributed by atoms with van der Waals surface area (Å²) in [6.45, 7) is 1.61. The van der Waals surface area contributed by atoms with Crippen LogP contribution >= 0.6 is 0 Å². The van der Waals surface area contributed by atoms with E-state index in [9.17, 15) is 14.4 Å². The van der Waals surface area contributed by atoms with E-state index in [-0.39, 0.29) is 13.2 Å². The summed E-state index contributed by atoms with van der Waals surface area (Å²) in [6.07, 6.45) is 1.93. The molecule has 0 spiro atoms. The monoisotopic (exact) mass is 342 g/mol. The standard InChI is InChI=1S/C18H18N2O5/c1-2-24-18(23)10-9-16(21)19-20-17(22)12-25-15-8-7-13-5-3-4-6-14(13)11-15/h3-11H,2,12H2,1H3,(H,19,21)(H,20,22)/b10-9-. The van der Waals surface area contributed by atoms with Gasteiger partial charge in [-0.3, -0.25) is 20.4 Å². The summed E-state index contributed by atoms with van der Waals surface area (Å²) in [6, 6.07) is 13.3. The maximum Gasteiger partial charge on any atom is 0.330 e. The van der Waals surface area contributed by atoms with E-state index in [1.54, 1.807) is 13.0 Å². The fourth-order valence-electron chi connectivity index (χ4n) is 1.95. The van der Waals surface area contributed by atoms with E-state index in [2.05, 4.69) is 15.6 Å². The zero-order chi connectivity index (χ0) is 18.1. The minimum Gasteiger partial charge on any atom is -0.484 e. The van der Waals surface area contributed by atoms with Crippen molar-refractivity contribution in [3.63, 3.8) is 0 Å². The molecule has 130 valence electrons. The second-order valence-corrected chi connectivity index (χ2v) is 4.92. The molecule has 0 fully saturated rings. The molecule has 0 saturated heterocycles. The van der Waals surface area contributed by atoms with Crippen molar-refractivity contribution in [3.8, 4) is 5.75 Å². The first-order valence-electron chi connectivity index (χ1n) is 7.63. The number of hydrazine groups is 1. The van der Waals surface area contributed by atoms with Crippen LogP contribution in [-0.4, -0.2) is 31.0 Å². The van der Waals surface area contributed by atoms with Gasteiger partial charge in [0.15, 0.2) is 6.61 Å². The molecular formula is C18H18N2O5. The first-order valence-corrected chi connectivity index (χ1v) is 7.63. The van der Waals surface area contributed by atoms with Gasteiger partial charge in [-0.25, -0.2) is 4.79 Å². The third kappa shape index (κ3) is 5.98. The van der Waals surface area contributed by atoms with Crippen molar-refractivity contribution in [1.29, 1.82) is 0 Å². The lowest BCUT2D eigenvalue weighted by molar-refractivity contribution is -0.137. The van der Waals surface area contributed by atoms with Crippen molar-refractivity contribution in [1.82, 2.24) is 10.9 Å². The van der Waals surface area contributed by atoms with Crippen molar-refractivity contribution >= 4 is 28.6 Å². The fourth-order valence-corrected chi connectivity index (χ4v) is 1.95. The number of ether oxygens (including phenoxy) is 2. The van der Waals surface area contributed by atoms with Crippen LogP contribution in [0.4, 0.5) is 0 Å². The maximum atomic E-state index is 11.7. The summed E-state index contributed by atoms with van der Waals surface area (Å²) in [5, 5.41) is 2.07. The van der Waals surface area contributed by atoms with Gasteiger partial charge in [-0.15, -0.1) is 0 Å². The Morgan fingerprint density at radius 3 is 2.52 bits per heavy atom. The highest BCUT2D eigenvalue weighted by Gasteiger charge is 2.05. The van der Waals surface area contributed by atoms with Gasteiger partial charge in [0, 0.05) is 12.2 Å². The summed E-state index contributed by atoms with van der Waals surface area (Å²) in [7, 11) is 0. The quantitative estimate of drug-likeness (QED) is 0.471. The lowest BCUT2D eigenvalue weighted by Gasteiger charge is -2.08. The average molecular weight is 342 g/mol. The molecule has 0 radical (unpaired) electrons. The molecular weight excluding hydrogens is 324 g/mol. The van der Waals surface area contributed by atoms with Gasteiger partial charge in [0.1, 0.15) is 5.75 Å². The number of fused-ring (bicyclic) bond motifs is 1. The highest BCUT2D eigenvalue weighted by atomic mass is 16.5. The van der Waals surface area contributed by atoms with Crippen LogP contribution < -0.4 is 15.6 Å². The van der Waals surface area contributed by atoms with Gasteiger partial charge in [0.25, 0.3) is 11.8 Å². The van der Waals surface area contributed by atoms with E-state index < -0.39 is 17.8 Å². The van der Waals surface area contributed by atoms with Crippen LogP contribution in [0.15, 0.2) is 54.6 Å². The van der Waals surface area contributed by atoms with Crippen molar-refractivity contribution in [2.24, 2.45) is 0 Å². The Labute approximate surface area is 144 Å². The minimum atomic E-state index is -0.660. The zero-order valence-electron chi connectivity index (χ0n) is 13.7. The molecule has 25 heavy (non-hydrogen) atoms.